The molecule has 4 nitrogen and oxygen atoms in total. The van der Waals surface area contributed by atoms with Crippen LogP contribution in [0.4, 0.5) is 0 Å². The molecule has 1 amide bonds. The Labute approximate surface area is 98.1 Å². The molecular weight excluding hydrogens is 204 g/mol. The predicted octanol–water partition coefficient (Wildman–Crippen LogP) is 1.00. The number of ether oxygens (including phenoxy) is 1. The highest BCUT2D eigenvalue weighted by Gasteiger charge is 2.26. The molecule has 1 aliphatic heterocycles. The molecule has 1 aliphatic rings. The van der Waals surface area contributed by atoms with Crippen LogP contribution in [0.1, 0.15) is 33.1 Å². The van der Waals surface area contributed by atoms with Gasteiger partial charge in [0.15, 0.2) is 0 Å². The van der Waals surface area contributed by atoms with Gasteiger partial charge < -0.3 is 15.4 Å². The molecular formula is C12H24N2O2. The molecule has 1 rings (SSSR count). The molecule has 0 aromatic heterocycles. The lowest BCUT2D eigenvalue weighted by molar-refractivity contribution is -0.131. The standard InChI is InChI=1S/C12H24N2O2/c1-12(2)4-3-11(15)14(7-5-12)8-10-16-9-6-13/h3-10,13H2,1-2H3. The van der Waals surface area contributed by atoms with Crippen LogP contribution >= 0.6 is 0 Å². The fourth-order valence-electron chi connectivity index (χ4n) is 1.89. The van der Waals surface area contributed by atoms with Crippen molar-refractivity contribution in [3.05, 3.63) is 0 Å². The summed E-state index contributed by atoms with van der Waals surface area (Å²) in [6, 6.07) is 0. The van der Waals surface area contributed by atoms with E-state index < -0.39 is 0 Å². The van der Waals surface area contributed by atoms with Crippen LogP contribution in [-0.4, -0.2) is 43.7 Å². The summed E-state index contributed by atoms with van der Waals surface area (Å²) in [5.74, 6) is 0.266. The predicted molar refractivity (Wildman–Crippen MR) is 64.1 cm³/mol. The van der Waals surface area contributed by atoms with Crippen molar-refractivity contribution in [1.82, 2.24) is 4.90 Å². The molecule has 0 aromatic rings. The van der Waals surface area contributed by atoms with Crippen LogP contribution in [0, 0.1) is 5.41 Å². The fraction of sp³-hybridized carbons (Fsp3) is 0.917. The second-order valence-electron chi connectivity index (χ2n) is 5.20. The number of hydrogen-bond donors (Lipinski definition) is 1. The highest BCUT2D eigenvalue weighted by Crippen LogP contribution is 2.30. The maximum absolute atomic E-state index is 11.8. The highest BCUT2D eigenvalue weighted by atomic mass is 16.5. The van der Waals surface area contributed by atoms with E-state index >= 15 is 0 Å². The molecule has 16 heavy (non-hydrogen) atoms. The highest BCUT2D eigenvalue weighted by molar-refractivity contribution is 5.76. The molecule has 0 radical (unpaired) electrons. The lowest BCUT2D eigenvalue weighted by atomic mass is 9.85. The van der Waals surface area contributed by atoms with E-state index in [2.05, 4.69) is 13.8 Å². The molecule has 4 heteroatoms. The SMILES string of the molecule is CC1(C)CCC(=O)N(CCOCCN)CC1. The van der Waals surface area contributed by atoms with Gasteiger partial charge in [0.2, 0.25) is 5.91 Å². The average Bonchev–Trinajstić information content (AvgIpc) is 2.36. The maximum Gasteiger partial charge on any atom is 0.222 e. The lowest BCUT2D eigenvalue weighted by Crippen LogP contribution is -2.34. The summed E-state index contributed by atoms with van der Waals surface area (Å²) in [4.78, 5) is 13.7. The van der Waals surface area contributed by atoms with E-state index in [-0.39, 0.29) is 5.91 Å². The number of carbonyl (C=O) groups excluding carboxylic acids is 1. The van der Waals surface area contributed by atoms with Crippen LogP contribution in [0.15, 0.2) is 0 Å². The second-order valence-corrected chi connectivity index (χ2v) is 5.20. The largest absolute Gasteiger partial charge is 0.378 e. The van der Waals surface area contributed by atoms with Crippen molar-refractivity contribution in [2.24, 2.45) is 11.1 Å². The summed E-state index contributed by atoms with van der Waals surface area (Å²) in [7, 11) is 0. The van der Waals surface area contributed by atoms with Gasteiger partial charge in [-0.15, -0.1) is 0 Å². The lowest BCUT2D eigenvalue weighted by Gasteiger charge is -2.23. The zero-order chi connectivity index (χ0) is 12.0. The Morgan fingerprint density at radius 1 is 1.38 bits per heavy atom. The first-order chi connectivity index (χ1) is 7.55. The van der Waals surface area contributed by atoms with Gasteiger partial charge in [-0.2, -0.15) is 0 Å². The third-order valence-electron chi connectivity index (χ3n) is 3.19. The van der Waals surface area contributed by atoms with E-state index in [4.69, 9.17) is 10.5 Å². The van der Waals surface area contributed by atoms with Gasteiger partial charge in [-0.3, -0.25) is 4.79 Å². The monoisotopic (exact) mass is 228 g/mol. The Balaban J connectivity index is 2.32. The number of amides is 1. The van der Waals surface area contributed by atoms with Crippen molar-refractivity contribution >= 4 is 5.91 Å². The fourth-order valence-corrected chi connectivity index (χ4v) is 1.89. The van der Waals surface area contributed by atoms with Crippen LogP contribution in [-0.2, 0) is 9.53 Å². The summed E-state index contributed by atoms with van der Waals surface area (Å²) >= 11 is 0. The van der Waals surface area contributed by atoms with Crippen molar-refractivity contribution in [3.8, 4) is 0 Å². The van der Waals surface area contributed by atoms with Gasteiger partial charge in [0.25, 0.3) is 0 Å². The summed E-state index contributed by atoms with van der Waals surface area (Å²) in [5.41, 5.74) is 5.62. The van der Waals surface area contributed by atoms with Gasteiger partial charge in [0.05, 0.1) is 13.2 Å². The Morgan fingerprint density at radius 2 is 2.12 bits per heavy atom. The van der Waals surface area contributed by atoms with E-state index in [0.29, 0.717) is 38.1 Å². The Bertz CT molecular complexity index is 229. The average molecular weight is 228 g/mol. The number of rotatable bonds is 5. The van der Waals surface area contributed by atoms with E-state index in [9.17, 15) is 4.79 Å². The van der Waals surface area contributed by atoms with Gasteiger partial charge in [-0.1, -0.05) is 13.8 Å². The number of carbonyl (C=O) groups is 1. The van der Waals surface area contributed by atoms with Gasteiger partial charge >= 0.3 is 0 Å². The molecule has 0 atom stereocenters. The molecule has 1 heterocycles. The summed E-state index contributed by atoms with van der Waals surface area (Å²) < 4.78 is 5.31. The Hall–Kier alpha value is -0.610. The van der Waals surface area contributed by atoms with Crippen LogP contribution in [0.5, 0.6) is 0 Å². The molecule has 1 saturated heterocycles. The van der Waals surface area contributed by atoms with Gasteiger partial charge in [-0.05, 0) is 18.3 Å². The van der Waals surface area contributed by atoms with E-state index in [1.807, 2.05) is 4.90 Å². The minimum Gasteiger partial charge on any atom is -0.378 e. The van der Waals surface area contributed by atoms with Gasteiger partial charge in [0, 0.05) is 26.1 Å². The van der Waals surface area contributed by atoms with E-state index in [0.717, 1.165) is 19.4 Å². The summed E-state index contributed by atoms with van der Waals surface area (Å²) in [6.07, 6.45) is 2.74. The minimum atomic E-state index is 0.266. The van der Waals surface area contributed by atoms with Crippen molar-refractivity contribution < 1.29 is 9.53 Å². The third-order valence-corrected chi connectivity index (χ3v) is 3.19. The first-order valence-electron chi connectivity index (χ1n) is 6.11. The van der Waals surface area contributed by atoms with Crippen molar-refractivity contribution in [2.45, 2.75) is 33.1 Å². The van der Waals surface area contributed by atoms with Crippen molar-refractivity contribution in [2.75, 3.05) is 32.8 Å². The molecule has 94 valence electrons. The first kappa shape index (κ1) is 13.5. The van der Waals surface area contributed by atoms with E-state index in [1.54, 1.807) is 0 Å². The number of likely N-dealkylation sites (tertiary alicyclic amines) is 1. The zero-order valence-electron chi connectivity index (χ0n) is 10.5. The molecule has 2 N–H and O–H groups in total. The summed E-state index contributed by atoms with van der Waals surface area (Å²) in [5, 5.41) is 0. The van der Waals surface area contributed by atoms with Crippen molar-refractivity contribution in [1.29, 1.82) is 0 Å². The molecule has 0 aliphatic carbocycles. The molecule has 0 saturated carbocycles. The van der Waals surface area contributed by atoms with Crippen LogP contribution in [0.25, 0.3) is 0 Å². The zero-order valence-corrected chi connectivity index (χ0v) is 10.5. The van der Waals surface area contributed by atoms with Crippen LogP contribution < -0.4 is 5.73 Å². The smallest absolute Gasteiger partial charge is 0.222 e. The van der Waals surface area contributed by atoms with Gasteiger partial charge in [-0.25, -0.2) is 0 Å². The molecule has 1 fully saturated rings. The van der Waals surface area contributed by atoms with Crippen LogP contribution in [0.2, 0.25) is 0 Å². The third kappa shape index (κ3) is 4.49. The number of hydrogen-bond acceptors (Lipinski definition) is 3. The Morgan fingerprint density at radius 3 is 2.81 bits per heavy atom. The maximum atomic E-state index is 11.8. The molecule has 0 bridgehead atoms. The quantitative estimate of drug-likeness (QED) is 0.714. The molecule has 0 spiro atoms. The molecule has 0 aromatic carbocycles. The topological polar surface area (TPSA) is 55.6 Å². The molecule has 0 unspecified atom stereocenters. The first-order valence-corrected chi connectivity index (χ1v) is 6.11. The Kier molecular flexibility index (Phi) is 5.22. The number of nitrogens with zero attached hydrogens (tertiary/aromatic N) is 1. The summed E-state index contributed by atoms with van der Waals surface area (Å²) in [6.45, 7) is 7.74. The van der Waals surface area contributed by atoms with Crippen molar-refractivity contribution in [3.63, 3.8) is 0 Å². The van der Waals surface area contributed by atoms with Crippen LogP contribution in [0.3, 0.4) is 0 Å². The minimum absolute atomic E-state index is 0.266. The van der Waals surface area contributed by atoms with E-state index in [1.165, 1.54) is 0 Å². The second kappa shape index (κ2) is 6.21. The van der Waals surface area contributed by atoms with Gasteiger partial charge in [0.1, 0.15) is 0 Å². The number of nitrogens with two attached hydrogens (primary N) is 1. The normalized spacial score (nSPS) is 20.9.